The van der Waals surface area contributed by atoms with Gasteiger partial charge in [0.1, 0.15) is 11.3 Å². The molecule has 2 aromatic heterocycles. The van der Waals surface area contributed by atoms with E-state index in [0.29, 0.717) is 22.6 Å². The molecule has 2 aliphatic rings. The number of aromatic amines is 2. The van der Waals surface area contributed by atoms with E-state index in [2.05, 4.69) is 24.9 Å². The molecule has 1 aliphatic carbocycles. The van der Waals surface area contributed by atoms with Crippen LogP contribution < -0.4 is 17.0 Å². The second-order valence-corrected chi connectivity index (χ2v) is 4.82. The van der Waals surface area contributed by atoms with Crippen LogP contribution in [0.2, 0.25) is 0 Å². The molecule has 0 bridgehead atoms. The van der Waals surface area contributed by atoms with Crippen molar-refractivity contribution in [3.63, 3.8) is 0 Å². The standard InChI is InChI=1S/C14H11N7O/c15-10-9-12(21-14(16)19-10)20-11(18-9)8-6-4-2-1-3-5-7(6)17-13(8)22/h1-5H,(H,17,22)(H5,15,16,18,19,20,21). The van der Waals surface area contributed by atoms with Gasteiger partial charge in [-0.15, -0.1) is 0 Å². The van der Waals surface area contributed by atoms with Crippen molar-refractivity contribution < 1.29 is 0 Å². The van der Waals surface area contributed by atoms with E-state index < -0.39 is 0 Å². The Hall–Kier alpha value is -3.42. The van der Waals surface area contributed by atoms with Gasteiger partial charge in [0.05, 0.1) is 5.56 Å². The zero-order chi connectivity index (χ0) is 15.3. The van der Waals surface area contributed by atoms with E-state index >= 15 is 0 Å². The first-order valence-corrected chi connectivity index (χ1v) is 6.53. The number of rotatable bonds is 1. The van der Waals surface area contributed by atoms with Gasteiger partial charge in [0, 0.05) is 11.3 Å². The molecule has 0 saturated carbocycles. The first-order chi connectivity index (χ1) is 10.6. The molecule has 22 heavy (non-hydrogen) atoms. The van der Waals surface area contributed by atoms with Gasteiger partial charge >= 0.3 is 0 Å². The molecule has 8 heteroatoms. The molecule has 8 nitrogen and oxygen atoms in total. The Kier molecular flexibility index (Phi) is 2.40. The maximum Gasteiger partial charge on any atom is 0.260 e. The Labute approximate surface area is 123 Å². The Balaban J connectivity index is 2.03. The number of H-pyrrole nitrogens is 2. The van der Waals surface area contributed by atoms with E-state index in [-0.39, 0.29) is 17.3 Å². The van der Waals surface area contributed by atoms with E-state index in [1.807, 2.05) is 30.3 Å². The van der Waals surface area contributed by atoms with Crippen LogP contribution in [0.25, 0.3) is 33.8 Å². The van der Waals surface area contributed by atoms with Crippen molar-refractivity contribution in [3.8, 4) is 22.6 Å². The molecular formula is C14H11N7O. The van der Waals surface area contributed by atoms with Crippen LogP contribution in [0.15, 0.2) is 35.1 Å². The fourth-order valence-electron chi connectivity index (χ4n) is 2.47. The Morgan fingerprint density at radius 1 is 0.955 bits per heavy atom. The number of nitrogens with zero attached hydrogens (tertiary/aromatic N) is 3. The maximum atomic E-state index is 12.3. The summed E-state index contributed by atoms with van der Waals surface area (Å²) in [4.78, 5) is 30.3. The van der Waals surface area contributed by atoms with Gasteiger partial charge in [0.25, 0.3) is 5.56 Å². The van der Waals surface area contributed by atoms with Crippen molar-refractivity contribution in [3.05, 3.63) is 40.7 Å². The number of anilines is 2. The van der Waals surface area contributed by atoms with Crippen molar-refractivity contribution in [2.75, 3.05) is 11.5 Å². The highest BCUT2D eigenvalue weighted by molar-refractivity contribution is 5.88. The lowest BCUT2D eigenvalue weighted by Gasteiger charge is -1.95. The summed E-state index contributed by atoms with van der Waals surface area (Å²) in [7, 11) is 0. The average molecular weight is 293 g/mol. The lowest BCUT2D eigenvalue weighted by molar-refractivity contribution is 1.22. The number of aromatic nitrogens is 5. The Morgan fingerprint density at radius 3 is 2.64 bits per heavy atom. The topological polar surface area (TPSA) is 139 Å². The van der Waals surface area contributed by atoms with Gasteiger partial charge in [-0.2, -0.15) is 9.97 Å². The highest BCUT2D eigenvalue weighted by Crippen LogP contribution is 2.29. The predicted octanol–water partition coefficient (Wildman–Crippen LogP) is 0.977. The molecule has 0 fully saturated rings. The van der Waals surface area contributed by atoms with E-state index in [1.165, 1.54) is 0 Å². The number of nitrogens with two attached hydrogens (primary N) is 2. The van der Waals surface area contributed by atoms with Gasteiger partial charge in [-0.3, -0.25) is 4.79 Å². The monoisotopic (exact) mass is 293 g/mol. The third kappa shape index (κ3) is 1.71. The molecule has 6 N–H and O–H groups in total. The molecule has 0 spiro atoms. The maximum absolute atomic E-state index is 12.3. The van der Waals surface area contributed by atoms with Crippen LogP contribution in [0, 0.1) is 0 Å². The molecule has 0 saturated heterocycles. The number of fused-ring (bicyclic) bond motifs is 2. The third-order valence-corrected chi connectivity index (χ3v) is 3.42. The average Bonchev–Trinajstić information content (AvgIpc) is 2.92. The number of nitrogens with one attached hydrogen (secondary N) is 2. The summed E-state index contributed by atoms with van der Waals surface area (Å²) >= 11 is 0. The number of imidazole rings is 1. The van der Waals surface area contributed by atoms with Gasteiger partial charge in [-0.25, -0.2) is 4.98 Å². The van der Waals surface area contributed by atoms with Crippen LogP contribution in [0.3, 0.4) is 0 Å². The zero-order valence-electron chi connectivity index (χ0n) is 11.3. The summed E-state index contributed by atoms with van der Waals surface area (Å²) in [6.45, 7) is 0. The second-order valence-electron chi connectivity index (χ2n) is 4.82. The fraction of sp³-hybridized carbons (Fsp3) is 0. The highest BCUT2D eigenvalue weighted by Gasteiger charge is 2.20. The smallest absolute Gasteiger partial charge is 0.260 e. The van der Waals surface area contributed by atoms with Gasteiger partial charge in [0.2, 0.25) is 5.95 Å². The summed E-state index contributed by atoms with van der Waals surface area (Å²) in [5.74, 6) is 0.610. The van der Waals surface area contributed by atoms with Crippen molar-refractivity contribution in [2.45, 2.75) is 0 Å². The molecule has 0 radical (unpaired) electrons. The summed E-state index contributed by atoms with van der Waals surface area (Å²) in [5.41, 5.74) is 13.8. The Morgan fingerprint density at radius 2 is 1.77 bits per heavy atom. The minimum Gasteiger partial charge on any atom is -0.382 e. The van der Waals surface area contributed by atoms with Crippen LogP contribution in [0.1, 0.15) is 0 Å². The second kappa shape index (κ2) is 4.29. The van der Waals surface area contributed by atoms with Crippen molar-refractivity contribution >= 4 is 22.9 Å². The van der Waals surface area contributed by atoms with E-state index in [9.17, 15) is 4.79 Å². The summed E-state index contributed by atoms with van der Waals surface area (Å²) in [6, 6.07) is 9.26. The molecule has 0 unspecified atom stereocenters. The predicted molar refractivity (Wildman–Crippen MR) is 83.2 cm³/mol. The molecule has 4 rings (SSSR count). The van der Waals surface area contributed by atoms with Crippen molar-refractivity contribution in [2.24, 2.45) is 0 Å². The van der Waals surface area contributed by atoms with Crippen molar-refractivity contribution in [1.82, 2.24) is 24.9 Å². The molecular weight excluding hydrogens is 282 g/mol. The molecule has 0 amide bonds. The Bertz CT molecular complexity index is 1030. The van der Waals surface area contributed by atoms with Crippen LogP contribution in [-0.2, 0) is 0 Å². The minimum atomic E-state index is -0.236. The molecule has 0 atom stereocenters. The summed E-state index contributed by atoms with van der Waals surface area (Å²) < 4.78 is 0. The van der Waals surface area contributed by atoms with E-state index in [4.69, 9.17) is 11.5 Å². The lowest BCUT2D eigenvalue weighted by atomic mass is 10.1. The van der Waals surface area contributed by atoms with Gasteiger partial charge in [-0.1, -0.05) is 24.3 Å². The summed E-state index contributed by atoms with van der Waals surface area (Å²) in [5, 5.41) is 0. The quantitative estimate of drug-likeness (QED) is 0.412. The highest BCUT2D eigenvalue weighted by atomic mass is 16.1. The molecule has 108 valence electrons. The first-order valence-electron chi connectivity index (χ1n) is 6.53. The molecule has 0 aromatic carbocycles. The van der Waals surface area contributed by atoms with Crippen LogP contribution in [0.4, 0.5) is 11.8 Å². The number of nitrogen functional groups attached to an aromatic ring is 2. The van der Waals surface area contributed by atoms with Crippen LogP contribution in [-0.4, -0.2) is 24.9 Å². The van der Waals surface area contributed by atoms with Gasteiger partial charge < -0.3 is 21.4 Å². The van der Waals surface area contributed by atoms with Crippen LogP contribution >= 0.6 is 0 Å². The molecule has 2 aromatic rings. The summed E-state index contributed by atoms with van der Waals surface area (Å²) in [6.07, 6.45) is 0. The lowest BCUT2D eigenvalue weighted by Crippen LogP contribution is -2.01. The SMILES string of the molecule is Nc1nc(N)c2[nH]c(-c3c4cccccc-4[nH]c3=O)nc2n1. The fourth-order valence-corrected chi connectivity index (χ4v) is 2.47. The zero-order valence-corrected chi connectivity index (χ0v) is 11.3. The minimum absolute atomic E-state index is 0.0377. The normalized spacial score (nSPS) is 11.3. The van der Waals surface area contributed by atoms with Crippen LogP contribution in [0.5, 0.6) is 0 Å². The van der Waals surface area contributed by atoms with Gasteiger partial charge in [0.15, 0.2) is 11.5 Å². The molecule has 3 heterocycles. The first kappa shape index (κ1) is 12.3. The van der Waals surface area contributed by atoms with E-state index in [0.717, 1.165) is 11.3 Å². The number of hydrogen-bond donors (Lipinski definition) is 4. The number of hydrogen-bond acceptors (Lipinski definition) is 6. The van der Waals surface area contributed by atoms with E-state index in [1.54, 1.807) is 0 Å². The molecule has 1 aliphatic heterocycles. The third-order valence-electron chi connectivity index (χ3n) is 3.42. The van der Waals surface area contributed by atoms with Gasteiger partial charge in [-0.05, 0) is 6.07 Å². The van der Waals surface area contributed by atoms with Crippen molar-refractivity contribution in [1.29, 1.82) is 0 Å². The largest absolute Gasteiger partial charge is 0.382 e.